The molecule has 2 amide bonds. The van der Waals surface area contributed by atoms with Crippen LogP contribution in [0.5, 0.6) is 0 Å². The molecule has 0 aromatic carbocycles. The predicted octanol–water partition coefficient (Wildman–Crippen LogP) is 2.05. The van der Waals surface area contributed by atoms with E-state index >= 15 is 0 Å². The van der Waals surface area contributed by atoms with Crippen molar-refractivity contribution in [3.63, 3.8) is 0 Å². The van der Waals surface area contributed by atoms with Gasteiger partial charge in [-0.25, -0.2) is 0 Å². The number of nitrogens with one attached hydrogen (secondary N) is 1. The van der Waals surface area contributed by atoms with E-state index < -0.39 is 23.2 Å². The summed E-state index contributed by atoms with van der Waals surface area (Å²) in [6.07, 6.45) is -0.308. The zero-order valence-corrected chi connectivity index (χ0v) is 12.7. The molecule has 0 aliphatic carbocycles. The van der Waals surface area contributed by atoms with Crippen molar-refractivity contribution < 1.29 is 19.5 Å². The Morgan fingerprint density at radius 3 is 2.53 bits per heavy atom. The van der Waals surface area contributed by atoms with Crippen molar-refractivity contribution in [1.29, 1.82) is 0 Å². The minimum Gasteiger partial charge on any atom is -0.481 e. The molecule has 0 fully saturated rings. The zero-order chi connectivity index (χ0) is 14.8. The summed E-state index contributed by atoms with van der Waals surface area (Å²) in [6, 6.07) is 1.51. The van der Waals surface area contributed by atoms with Crippen molar-refractivity contribution in [3.05, 3.63) is 15.4 Å². The van der Waals surface area contributed by atoms with E-state index in [1.165, 1.54) is 19.9 Å². The molecule has 1 aromatic heterocycles. The Labute approximate surface area is 122 Å². The quantitative estimate of drug-likeness (QED) is 0.756. The van der Waals surface area contributed by atoms with Crippen LogP contribution >= 0.6 is 27.3 Å². The molecule has 6 nitrogen and oxygen atoms in total. The van der Waals surface area contributed by atoms with Crippen molar-refractivity contribution in [2.75, 3.05) is 5.32 Å². The monoisotopic (exact) mass is 348 g/mol. The Kier molecular flexibility index (Phi) is 4.70. The molecule has 0 spiro atoms. The number of anilines is 1. The first kappa shape index (κ1) is 15.6. The molecule has 104 valence electrons. The molecule has 4 N–H and O–H groups in total. The molecule has 0 atom stereocenters. The molecule has 0 unspecified atom stereocenters. The van der Waals surface area contributed by atoms with Gasteiger partial charge in [-0.05, 0) is 22.0 Å². The Morgan fingerprint density at radius 2 is 2.05 bits per heavy atom. The van der Waals surface area contributed by atoms with Crippen molar-refractivity contribution in [2.45, 2.75) is 20.3 Å². The van der Waals surface area contributed by atoms with Crippen LogP contribution in [0, 0.1) is 5.41 Å². The number of rotatable bonds is 5. The number of primary amides is 1. The summed E-state index contributed by atoms with van der Waals surface area (Å²) in [5.74, 6) is -2.21. The van der Waals surface area contributed by atoms with Gasteiger partial charge in [0.05, 0.1) is 21.2 Å². The normalized spacial score (nSPS) is 11.1. The number of carbonyl (C=O) groups excluding carboxylic acids is 2. The first-order valence-corrected chi connectivity index (χ1v) is 6.87. The number of hydrogen-bond acceptors (Lipinski definition) is 4. The number of nitrogens with two attached hydrogens (primary N) is 1. The van der Waals surface area contributed by atoms with Gasteiger partial charge in [0.25, 0.3) is 5.91 Å². The molecule has 1 heterocycles. The van der Waals surface area contributed by atoms with Gasteiger partial charge in [-0.2, -0.15) is 0 Å². The lowest BCUT2D eigenvalue weighted by molar-refractivity contribution is -0.142. The van der Waals surface area contributed by atoms with Gasteiger partial charge in [-0.15, -0.1) is 11.3 Å². The highest BCUT2D eigenvalue weighted by atomic mass is 79.9. The number of carbonyl (C=O) groups is 3. The topological polar surface area (TPSA) is 109 Å². The third-order valence-electron chi connectivity index (χ3n) is 2.40. The van der Waals surface area contributed by atoms with Gasteiger partial charge in [0.15, 0.2) is 0 Å². The van der Waals surface area contributed by atoms with E-state index in [-0.39, 0.29) is 12.0 Å². The molecule has 1 rings (SSSR count). The number of carboxylic acids is 1. The third kappa shape index (κ3) is 4.03. The van der Waals surface area contributed by atoms with Crippen LogP contribution in [0.4, 0.5) is 5.00 Å². The van der Waals surface area contributed by atoms with Gasteiger partial charge in [-0.1, -0.05) is 13.8 Å². The maximum absolute atomic E-state index is 12.0. The van der Waals surface area contributed by atoms with Gasteiger partial charge in [0.2, 0.25) is 5.91 Å². The van der Waals surface area contributed by atoms with Crippen molar-refractivity contribution in [3.8, 4) is 0 Å². The SMILES string of the molecule is CC(C)(CC(=O)O)C(=O)Nc1sc(Br)cc1C(N)=O. The minimum atomic E-state index is -1.09. The van der Waals surface area contributed by atoms with E-state index in [1.54, 1.807) is 0 Å². The van der Waals surface area contributed by atoms with E-state index in [1.807, 2.05) is 0 Å². The minimum absolute atomic E-state index is 0.191. The summed E-state index contributed by atoms with van der Waals surface area (Å²) >= 11 is 4.34. The van der Waals surface area contributed by atoms with Crippen LogP contribution in [0.3, 0.4) is 0 Å². The molecule has 1 aromatic rings. The number of aliphatic carboxylic acids is 1. The highest BCUT2D eigenvalue weighted by Crippen LogP contribution is 2.33. The van der Waals surface area contributed by atoms with Gasteiger partial charge in [0, 0.05) is 0 Å². The smallest absolute Gasteiger partial charge is 0.304 e. The van der Waals surface area contributed by atoms with Crippen LogP contribution in [0.1, 0.15) is 30.6 Å². The molecule has 0 saturated carbocycles. The van der Waals surface area contributed by atoms with Crippen LogP contribution in [0.25, 0.3) is 0 Å². The van der Waals surface area contributed by atoms with Crippen LogP contribution in [0.2, 0.25) is 0 Å². The maximum Gasteiger partial charge on any atom is 0.304 e. The molecule has 8 heteroatoms. The van der Waals surface area contributed by atoms with Gasteiger partial charge in [-0.3, -0.25) is 14.4 Å². The fourth-order valence-electron chi connectivity index (χ4n) is 1.37. The number of halogens is 1. The first-order valence-electron chi connectivity index (χ1n) is 5.26. The Hall–Kier alpha value is -1.41. The largest absolute Gasteiger partial charge is 0.481 e. The summed E-state index contributed by atoms with van der Waals surface area (Å²) in [6.45, 7) is 3.03. The second-order valence-electron chi connectivity index (χ2n) is 4.57. The van der Waals surface area contributed by atoms with Crippen LogP contribution in [-0.2, 0) is 9.59 Å². The van der Waals surface area contributed by atoms with Crippen LogP contribution in [-0.4, -0.2) is 22.9 Å². The number of amides is 2. The van der Waals surface area contributed by atoms with Crippen molar-refractivity contribution >= 4 is 50.1 Å². The van der Waals surface area contributed by atoms with E-state index in [4.69, 9.17) is 10.8 Å². The molecule has 19 heavy (non-hydrogen) atoms. The highest BCUT2D eigenvalue weighted by Gasteiger charge is 2.31. The van der Waals surface area contributed by atoms with E-state index in [2.05, 4.69) is 21.2 Å². The van der Waals surface area contributed by atoms with E-state index in [0.29, 0.717) is 8.79 Å². The molecule has 0 saturated heterocycles. The standard InChI is InChI=1S/C11H13BrN2O4S/c1-11(2,4-7(15)16)10(18)14-9-5(8(13)17)3-6(12)19-9/h3H,4H2,1-2H3,(H2,13,17)(H,14,18)(H,15,16). The van der Waals surface area contributed by atoms with Gasteiger partial charge in [0.1, 0.15) is 5.00 Å². The summed E-state index contributed by atoms with van der Waals surface area (Å²) < 4.78 is 0.646. The number of thiophene rings is 1. The molecular formula is C11H13BrN2O4S. The zero-order valence-electron chi connectivity index (χ0n) is 10.3. The van der Waals surface area contributed by atoms with E-state index in [9.17, 15) is 14.4 Å². The average Bonchev–Trinajstić information content (AvgIpc) is 2.57. The lowest BCUT2D eigenvalue weighted by Gasteiger charge is -2.21. The molecule has 0 bridgehead atoms. The highest BCUT2D eigenvalue weighted by molar-refractivity contribution is 9.11. The van der Waals surface area contributed by atoms with E-state index in [0.717, 1.165) is 11.3 Å². The van der Waals surface area contributed by atoms with Crippen molar-refractivity contribution in [1.82, 2.24) is 0 Å². The van der Waals surface area contributed by atoms with Gasteiger partial charge >= 0.3 is 5.97 Å². The lowest BCUT2D eigenvalue weighted by atomic mass is 9.88. The predicted molar refractivity (Wildman–Crippen MR) is 75.2 cm³/mol. The molecular weight excluding hydrogens is 336 g/mol. The summed E-state index contributed by atoms with van der Waals surface area (Å²) in [7, 11) is 0. The van der Waals surface area contributed by atoms with Crippen molar-refractivity contribution in [2.24, 2.45) is 11.1 Å². The number of carboxylic acid groups (broad SMARTS) is 1. The second-order valence-corrected chi connectivity index (χ2v) is 7.00. The first-order chi connectivity index (χ1) is 8.63. The third-order valence-corrected chi connectivity index (χ3v) is 3.96. The fraction of sp³-hybridized carbons (Fsp3) is 0.364. The summed E-state index contributed by atoms with van der Waals surface area (Å²) in [4.78, 5) is 33.9. The lowest BCUT2D eigenvalue weighted by Crippen LogP contribution is -2.33. The Bertz CT molecular complexity index is 539. The van der Waals surface area contributed by atoms with Gasteiger partial charge < -0.3 is 16.2 Å². The molecule has 0 radical (unpaired) electrons. The number of hydrogen-bond donors (Lipinski definition) is 3. The molecule has 0 aliphatic heterocycles. The molecule has 0 aliphatic rings. The van der Waals surface area contributed by atoms with Crippen LogP contribution < -0.4 is 11.1 Å². The summed E-state index contributed by atoms with van der Waals surface area (Å²) in [5.41, 5.74) is 4.30. The second kappa shape index (κ2) is 5.70. The fourth-order valence-corrected chi connectivity index (χ4v) is 2.87. The average molecular weight is 349 g/mol. The summed E-state index contributed by atoms with van der Waals surface area (Å²) in [5, 5.41) is 11.6. The maximum atomic E-state index is 12.0. The van der Waals surface area contributed by atoms with Crippen LogP contribution in [0.15, 0.2) is 9.85 Å². The Balaban J connectivity index is 2.94. The Morgan fingerprint density at radius 1 is 1.47 bits per heavy atom.